The third-order valence-electron chi connectivity index (χ3n) is 5.21. The van der Waals surface area contributed by atoms with E-state index in [1.54, 1.807) is 18.2 Å². The molecule has 2 N–H and O–H groups in total. The molecule has 2 unspecified atom stereocenters. The Bertz CT molecular complexity index is 767. The monoisotopic (exact) mass is 342 g/mol. The van der Waals surface area contributed by atoms with Crippen LogP contribution in [-0.2, 0) is 6.42 Å². The molecule has 1 amide bonds. The summed E-state index contributed by atoms with van der Waals surface area (Å²) in [5, 5.41) is 10.9. The normalized spacial score (nSPS) is 23.1. The van der Waals surface area contributed by atoms with Gasteiger partial charge in [-0.1, -0.05) is 6.07 Å². The number of halogens is 1. The van der Waals surface area contributed by atoms with Crippen LogP contribution in [0.3, 0.4) is 0 Å². The van der Waals surface area contributed by atoms with Gasteiger partial charge in [0.15, 0.2) is 0 Å². The molecule has 4 rings (SSSR count). The third kappa shape index (κ3) is 3.44. The van der Waals surface area contributed by atoms with Crippen molar-refractivity contribution in [3.8, 4) is 0 Å². The van der Waals surface area contributed by atoms with E-state index in [1.807, 2.05) is 10.9 Å². The maximum absolute atomic E-state index is 13.4. The first-order valence-corrected chi connectivity index (χ1v) is 9.06. The summed E-state index contributed by atoms with van der Waals surface area (Å²) in [4.78, 5) is 12.6. The Morgan fingerprint density at radius 2 is 2.20 bits per heavy atom. The molecule has 2 aromatic rings. The standard InChI is InChI=1S/C19H23FN4O/c20-14-6-7-16-13(11-14)3-1-5-17(16)22-19(25)18-8-10-24(23-18)15-4-2-9-21-12-15/h6-8,10-11,15,17,21H,1-5,9,12H2,(H,22,25). The van der Waals surface area contributed by atoms with E-state index in [9.17, 15) is 9.18 Å². The number of fused-ring (bicyclic) bond motifs is 1. The number of amides is 1. The number of aromatic nitrogens is 2. The fourth-order valence-corrected chi connectivity index (χ4v) is 3.89. The summed E-state index contributed by atoms with van der Waals surface area (Å²) >= 11 is 0. The predicted octanol–water partition coefficient (Wildman–Crippen LogP) is 2.75. The molecule has 2 aliphatic rings. The number of carbonyl (C=O) groups is 1. The van der Waals surface area contributed by atoms with Crippen molar-refractivity contribution in [3.63, 3.8) is 0 Å². The first-order valence-electron chi connectivity index (χ1n) is 9.06. The number of nitrogens with one attached hydrogen (secondary N) is 2. The minimum Gasteiger partial charge on any atom is -0.344 e. The van der Waals surface area contributed by atoms with Crippen LogP contribution in [0.5, 0.6) is 0 Å². The Morgan fingerprint density at radius 3 is 3.04 bits per heavy atom. The second-order valence-corrected chi connectivity index (χ2v) is 6.94. The van der Waals surface area contributed by atoms with Gasteiger partial charge in [0.05, 0.1) is 12.1 Å². The lowest BCUT2D eigenvalue weighted by Crippen LogP contribution is -2.33. The van der Waals surface area contributed by atoms with E-state index in [0.29, 0.717) is 11.7 Å². The molecule has 1 aromatic carbocycles. The molecule has 1 aromatic heterocycles. The van der Waals surface area contributed by atoms with Crippen molar-refractivity contribution in [1.29, 1.82) is 0 Å². The van der Waals surface area contributed by atoms with E-state index in [0.717, 1.165) is 56.3 Å². The molecule has 0 saturated carbocycles. The van der Waals surface area contributed by atoms with E-state index in [4.69, 9.17) is 0 Å². The van der Waals surface area contributed by atoms with Crippen LogP contribution < -0.4 is 10.6 Å². The number of benzene rings is 1. The van der Waals surface area contributed by atoms with Gasteiger partial charge in [0.25, 0.3) is 5.91 Å². The van der Waals surface area contributed by atoms with Crippen molar-refractivity contribution in [2.75, 3.05) is 13.1 Å². The van der Waals surface area contributed by atoms with Gasteiger partial charge in [-0.05, 0) is 68.0 Å². The van der Waals surface area contributed by atoms with Crippen molar-refractivity contribution in [2.24, 2.45) is 0 Å². The summed E-state index contributed by atoms with van der Waals surface area (Å²) in [6.45, 7) is 1.94. The summed E-state index contributed by atoms with van der Waals surface area (Å²) in [7, 11) is 0. The molecule has 2 atom stereocenters. The Hall–Kier alpha value is -2.21. The lowest BCUT2D eigenvalue weighted by atomic mass is 9.87. The van der Waals surface area contributed by atoms with E-state index < -0.39 is 0 Å². The van der Waals surface area contributed by atoms with Crippen LogP contribution in [0, 0.1) is 5.82 Å². The van der Waals surface area contributed by atoms with Crippen molar-refractivity contribution in [1.82, 2.24) is 20.4 Å². The highest BCUT2D eigenvalue weighted by Gasteiger charge is 2.24. The van der Waals surface area contributed by atoms with E-state index in [1.165, 1.54) is 6.07 Å². The number of rotatable bonds is 3. The van der Waals surface area contributed by atoms with Crippen LogP contribution in [0.2, 0.25) is 0 Å². The minimum atomic E-state index is -0.217. The Balaban J connectivity index is 1.47. The molecule has 5 nitrogen and oxygen atoms in total. The number of hydrogen-bond donors (Lipinski definition) is 2. The van der Waals surface area contributed by atoms with Gasteiger partial charge in [-0.15, -0.1) is 0 Å². The van der Waals surface area contributed by atoms with Crippen LogP contribution in [0.1, 0.15) is 59.4 Å². The quantitative estimate of drug-likeness (QED) is 0.902. The Labute approximate surface area is 146 Å². The van der Waals surface area contributed by atoms with Crippen LogP contribution in [0.25, 0.3) is 0 Å². The van der Waals surface area contributed by atoms with Crippen LogP contribution in [-0.4, -0.2) is 28.8 Å². The number of aryl methyl sites for hydroxylation is 1. The molecule has 0 spiro atoms. The first-order chi connectivity index (χ1) is 12.2. The summed E-state index contributed by atoms with van der Waals surface area (Å²) in [5.74, 6) is -0.379. The third-order valence-corrected chi connectivity index (χ3v) is 5.21. The van der Waals surface area contributed by atoms with Crippen molar-refractivity contribution >= 4 is 5.91 Å². The molecule has 2 heterocycles. The minimum absolute atomic E-state index is 0.0710. The maximum Gasteiger partial charge on any atom is 0.272 e. The molecule has 25 heavy (non-hydrogen) atoms. The molecular formula is C19H23FN4O. The first kappa shape index (κ1) is 16.3. The zero-order valence-corrected chi connectivity index (χ0v) is 14.2. The average Bonchev–Trinajstić information content (AvgIpc) is 3.13. The van der Waals surface area contributed by atoms with Gasteiger partial charge in [0, 0.05) is 12.7 Å². The van der Waals surface area contributed by atoms with Crippen molar-refractivity contribution in [2.45, 2.75) is 44.2 Å². The lowest BCUT2D eigenvalue weighted by molar-refractivity contribution is 0.0926. The fourth-order valence-electron chi connectivity index (χ4n) is 3.89. The molecule has 1 fully saturated rings. The SMILES string of the molecule is O=C(NC1CCCc2cc(F)ccc21)c1ccn(C2CCCNC2)n1. The molecule has 1 aliphatic heterocycles. The maximum atomic E-state index is 13.4. The van der Waals surface area contributed by atoms with Crippen LogP contribution in [0.15, 0.2) is 30.5 Å². The van der Waals surface area contributed by atoms with Crippen molar-refractivity contribution in [3.05, 3.63) is 53.1 Å². The molecular weight excluding hydrogens is 319 g/mol. The van der Waals surface area contributed by atoms with Gasteiger partial charge in [-0.25, -0.2) is 4.39 Å². The highest BCUT2D eigenvalue weighted by molar-refractivity contribution is 5.92. The predicted molar refractivity (Wildman–Crippen MR) is 92.9 cm³/mol. The lowest BCUT2D eigenvalue weighted by Gasteiger charge is -2.26. The highest BCUT2D eigenvalue weighted by Crippen LogP contribution is 2.30. The van der Waals surface area contributed by atoms with Gasteiger partial charge in [0.1, 0.15) is 11.5 Å². The fraction of sp³-hybridized carbons (Fsp3) is 0.474. The van der Waals surface area contributed by atoms with Gasteiger partial charge in [0.2, 0.25) is 0 Å². The molecule has 0 radical (unpaired) electrons. The molecule has 1 aliphatic carbocycles. The van der Waals surface area contributed by atoms with Crippen molar-refractivity contribution < 1.29 is 9.18 Å². The number of hydrogen-bond acceptors (Lipinski definition) is 3. The average molecular weight is 342 g/mol. The number of piperidine rings is 1. The molecule has 1 saturated heterocycles. The number of carbonyl (C=O) groups excluding carboxylic acids is 1. The van der Waals surface area contributed by atoms with E-state index in [2.05, 4.69) is 15.7 Å². The second-order valence-electron chi connectivity index (χ2n) is 6.94. The van der Waals surface area contributed by atoms with Crippen LogP contribution >= 0.6 is 0 Å². The molecule has 132 valence electrons. The Morgan fingerprint density at radius 1 is 1.28 bits per heavy atom. The van der Waals surface area contributed by atoms with Gasteiger partial charge in [-0.3, -0.25) is 9.48 Å². The van der Waals surface area contributed by atoms with Gasteiger partial charge in [-0.2, -0.15) is 5.10 Å². The smallest absolute Gasteiger partial charge is 0.272 e. The summed E-state index contributed by atoms with van der Waals surface area (Å²) in [6.07, 6.45) is 6.78. The summed E-state index contributed by atoms with van der Waals surface area (Å²) < 4.78 is 15.3. The summed E-state index contributed by atoms with van der Waals surface area (Å²) in [6, 6.07) is 6.86. The zero-order chi connectivity index (χ0) is 17.2. The van der Waals surface area contributed by atoms with Gasteiger partial charge >= 0.3 is 0 Å². The van der Waals surface area contributed by atoms with E-state index in [-0.39, 0.29) is 17.8 Å². The topological polar surface area (TPSA) is 59.0 Å². The zero-order valence-electron chi connectivity index (χ0n) is 14.2. The largest absolute Gasteiger partial charge is 0.344 e. The second kappa shape index (κ2) is 6.96. The van der Waals surface area contributed by atoms with E-state index >= 15 is 0 Å². The Kier molecular flexibility index (Phi) is 4.53. The molecule has 0 bridgehead atoms. The molecule has 6 heteroatoms. The summed E-state index contributed by atoms with van der Waals surface area (Å²) in [5.41, 5.74) is 2.46. The highest BCUT2D eigenvalue weighted by atomic mass is 19.1. The van der Waals surface area contributed by atoms with Gasteiger partial charge < -0.3 is 10.6 Å². The van der Waals surface area contributed by atoms with Crippen LogP contribution in [0.4, 0.5) is 4.39 Å². The number of nitrogens with zero attached hydrogens (tertiary/aromatic N) is 2.